The molecule has 0 amide bonds. The first-order valence-electron chi connectivity index (χ1n) is 9.26. The maximum atomic E-state index is 11.5. The number of rotatable bonds is 7. The topological polar surface area (TPSA) is 66.1 Å². The van der Waals surface area contributed by atoms with Crippen molar-refractivity contribution >= 4 is 11.7 Å². The highest BCUT2D eigenvalue weighted by molar-refractivity contribution is 6.18. The summed E-state index contributed by atoms with van der Waals surface area (Å²) >= 11 is 0. The van der Waals surface area contributed by atoms with Crippen molar-refractivity contribution in [1.82, 2.24) is 5.32 Å². The number of carboxylic acids is 1. The van der Waals surface area contributed by atoms with E-state index in [1.807, 2.05) is 6.92 Å². The van der Waals surface area contributed by atoms with Gasteiger partial charge in [0.2, 0.25) is 6.29 Å². The molecule has 3 heterocycles. The molecule has 0 aromatic carbocycles. The van der Waals surface area contributed by atoms with Crippen molar-refractivity contribution in [3.8, 4) is 0 Å². The third-order valence-corrected chi connectivity index (χ3v) is 5.64. The van der Waals surface area contributed by atoms with Gasteiger partial charge in [-0.25, -0.2) is 15.1 Å². The Hall–Kier alpha value is -1.20. The highest BCUT2D eigenvalue weighted by atomic mass is 16.4. The lowest BCUT2D eigenvalue weighted by molar-refractivity contribution is -0.913. The minimum Gasteiger partial charge on any atom is -0.477 e. The van der Waals surface area contributed by atoms with Crippen LogP contribution in [-0.4, -0.2) is 35.2 Å². The predicted octanol–water partition coefficient (Wildman–Crippen LogP) is 1.85. The molecular weight excluding hydrogens is 290 g/mol. The predicted molar refractivity (Wildman–Crippen MR) is 90.5 cm³/mol. The van der Waals surface area contributed by atoms with Crippen LogP contribution in [-0.2, 0) is 4.79 Å². The van der Waals surface area contributed by atoms with E-state index in [-0.39, 0.29) is 6.29 Å². The molecule has 5 heteroatoms. The highest BCUT2D eigenvalue weighted by Gasteiger charge is 2.49. The first-order valence-corrected chi connectivity index (χ1v) is 9.26. The summed E-state index contributed by atoms with van der Waals surface area (Å²) in [5.74, 6) is -0.814. The number of aliphatic carboxylic acids is 1. The van der Waals surface area contributed by atoms with E-state index in [1.54, 1.807) is 0 Å². The number of nitrogens with one attached hydrogen (secondary N) is 2. The lowest BCUT2D eigenvalue weighted by Crippen LogP contribution is -3.19. The van der Waals surface area contributed by atoms with Gasteiger partial charge >= 0.3 is 5.97 Å². The normalized spacial score (nSPS) is 32.7. The van der Waals surface area contributed by atoms with Crippen LogP contribution in [0.2, 0.25) is 0 Å². The van der Waals surface area contributed by atoms with Gasteiger partial charge in [-0.1, -0.05) is 39.0 Å². The molecule has 3 aliphatic rings. The molecule has 4 atom stereocenters. The second-order valence-electron chi connectivity index (χ2n) is 7.27. The van der Waals surface area contributed by atoms with Gasteiger partial charge in [0, 0.05) is 25.3 Å². The number of unbranched alkanes of at least 4 members (excludes halogenated alkanes) is 4. The number of aliphatic imine (C=N–C) groups is 1. The van der Waals surface area contributed by atoms with Gasteiger partial charge < -0.3 is 5.11 Å². The van der Waals surface area contributed by atoms with Crippen LogP contribution in [0.3, 0.4) is 0 Å². The van der Waals surface area contributed by atoms with E-state index in [1.165, 1.54) is 43.4 Å². The molecule has 0 aliphatic carbocycles. The maximum absolute atomic E-state index is 11.5. The summed E-state index contributed by atoms with van der Waals surface area (Å²) in [6, 6.07) is 1.08. The minimum absolute atomic E-state index is 0.0370. The number of carbonyl (C=O) groups is 1. The Labute approximate surface area is 138 Å². The van der Waals surface area contributed by atoms with Crippen LogP contribution in [0, 0.1) is 0 Å². The summed E-state index contributed by atoms with van der Waals surface area (Å²) in [7, 11) is 0. The van der Waals surface area contributed by atoms with Crippen molar-refractivity contribution in [3.05, 3.63) is 11.3 Å². The lowest BCUT2D eigenvalue weighted by atomic mass is 9.96. The first-order chi connectivity index (χ1) is 11.1. The number of hydrogen-bond donors (Lipinski definition) is 3. The molecule has 2 fully saturated rings. The van der Waals surface area contributed by atoms with Gasteiger partial charge in [0.1, 0.15) is 11.3 Å². The summed E-state index contributed by atoms with van der Waals surface area (Å²) in [5.41, 5.74) is 2.24. The van der Waals surface area contributed by atoms with Crippen molar-refractivity contribution in [2.24, 2.45) is 4.99 Å². The number of hydrogen-bond acceptors (Lipinski definition) is 3. The Morgan fingerprint density at radius 1 is 1.35 bits per heavy atom. The van der Waals surface area contributed by atoms with E-state index in [4.69, 9.17) is 0 Å². The molecule has 0 radical (unpaired) electrons. The van der Waals surface area contributed by atoms with Crippen LogP contribution in [0.5, 0.6) is 0 Å². The second-order valence-corrected chi connectivity index (χ2v) is 7.27. The Balaban J connectivity index is 1.63. The van der Waals surface area contributed by atoms with Crippen molar-refractivity contribution in [2.45, 2.75) is 90.0 Å². The zero-order valence-corrected chi connectivity index (χ0v) is 14.4. The van der Waals surface area contributed by atoms with Crippen LogP contribution in [0.25, 0.3) is 0 Å². The summed E-state index contributed by atoms with van der Waals surface area (Å²) < 4.78 is 0. The molecule has 5 nitrogen and oxygen atoms in total. The molecular formula is C18H30N3O2+. The van der Waals surface area contributed by atoms with Gasteiger partial charge in [-0.2, -0.15) is 0 Å². The molecule has 2 unspecified atom stereocenters. The van der Waals surface area contributed by atoms with E-state index in [2.05, 4.69) is 17.2 Å². The zero-order chi connectivity index (χ0) is 16.4. The fourth-order valence-electron chi connectivity index (χ4n) is 4.55. The van der Waals surface area contributed by atoms with Crippen LogP contribution in [0.1, 0.15) is 71.6 Å². The summed E-state index contributed by atoms with van der Waals surface area (Å²) in [5, 5.41) is 13.2. The Bertz CT molecular complexity index is 526. The molecule has 2 saturated heterocycles. The quantitative estimate of drug-likeness (QED) is 0.627. The van der Waals surface area contributed by atoms with Crippen molar-refractivity contribution in [1.29, 1.82) is 0 Å². The van der Waals surface area contributed by atoms with Crippen LogP contribution in [0.4, 0.5) is 0 Å². The van der Waals surface area contributed by atoms with Crippen LogP contribution < -0.4 is 10.2 Å². The maximum Gasteiger partial charge on any atom is 0.343 e. The molecule has 23 heavy (non-hydrogen) atoms. The smallest absolute Gasteiger partial charge is 0.343 e. The van der Waals surface area contributed by atoms with E-state index < -0.39 is 5.97 Å². The van der Waals surface area contributed by atoms with Gasteiger partial charge in [0.15, 0.2) is 0 Å². The monoisotopic (exact) mass is 320 g/mol. The van der Waals surface area contributed by atoms with E-state index in [0.717, 1.165) is 25.0 Å². The van der Waals surface area contributed by atoms with Gasteiger partial charge in [-0.3, -0.25) is 4.90 Å². The van der Waals surface area contributed by atoms with Crippen LogP contribution >= 0.6 is 0 Å². The number of carboxylic acid groups (broad SMARTS) is 1. The largest absolute Gasteiger partial charge is 0.477 e. The standard InChI is InChI=1S/C18H29N3O2/c1-3-4-5-6-7-8-13-11-14-9-10-15-16(17(22)23)12(2)19-18(20-13)21(14)15/h13-14,18,20H,3-11H2,1-2H3,(H,22,23)/p+1/t13-,14+,18?/m1/s1. The number of allylic oxidation sites excluding steroid dienone is 1. The van der Waals surface area contributed by atoms with Crippen molar-refractivity contribution in [2.75, 3.05) is 0 Å². The number of nitrogens with zero attached hydrogens (tertiary/aromatic N) is 1. The molecule has 0 aromatic rings. The first kappa shape index (κ1) is 16.7. The van der Waals surface area contributed by atoms with Gasteiger partial charge in [-0.05, 0) is 13.3 Å². The van der Waals surface area contributed by atoms with Gasteiger partial charge in [0.05, 0.1) is 11.8 Å². The Morgan fingerprint density at radius 3 is 2.87 bits per heavy atom. The minimum atomic E-state index is -0.814. The Morgan fingerprint density at radius 2 is 2.13 bits per heavy atom. The third-order valence-electron chi connectivity index (χ3n) is 5.64. The second kappa shape index (κ2) is 7.14. The van der Waals surface area contributed by atoms with E-state index in [0.29, 0.717) is 23.4 Å². The third kappa shape index (κ3) is 3.36. The zero-order valence-electron chi connectivity index (χ0n) is 14.4. The van der Waals surface area contributed by atoms with Crippen molar-refractivity contribution in [3.63, 3.8) is 0 Å². The molecule has 0 aromatic heterocycles. The molecule has 3 aliphatic heterocycles. The average Bonchev–Trinajstić information content (AvgIpc) is 2.91. The van der Waals surface area contributed by atoms with E-state index in [9.17, 15) is 9.90 Å². The average molecular weight is 320 g/mol. The molecule has 0 spiro atoms. The van der Waals surface area contributed by atoms with E-state index >= 15 is 0 Å². The van der Waals surface area contributed by atoms with Crippen LogP contribution in [0.15, 0.2) is 16.3 Å². The SMILES string of the molecule is CCCCCCC[C@@H]1C[C@@H]2CCC3=C(C(=O)O)C(C)=NC(N1)[NH+]32. The molecule has 3 N–H and O–H groups in total. The highest BCUT2D eigenvalue weighted by Crippen LogP contribution is 2.26. The summed E-state index contributed by atoms with van der Waals surface area (Å²) in [6.45, 7) is 4.09. The lowest BCUT2D eigenvalue weighted by Gasteiger charge is -2.40. The fraction of sp³-hybridized carbons (Fsp3) is 0.778. The molecule has 0 bridgehead atoms. The van der Waals surface area contributed by atoms with Crippen molar-refractivity contribution < 1.29 is 14.8 Å². The summed E-state index contributed by atoms with van der Waals surface area (Å²) in [4.78, 5) is 17.5. The molecule has 0 saturated carbocycles. The fourth-order valence-corrected chi connectivity index (χ4v) is 4.55. The summed E-state index contributed by atoms with van der Waals surface area (Å²) in [6.07, 6.45) is 11.0. The van der Waals surface area contributed by atoms with Gasteiger partial charge in [-0.15, -0.1) is 0 Å². The number of quaternary nitrogens is 1. The van der Waals surface area contributed by atoms with Gasteiger partial charge in [0.25, 0.3) is 0 Å². The Kier molecular flexibility index (Phi) is 5.17. The molecule has 128 valence electrons. The molecule has 3 rings (SSSR count).